The van der Waals surface area contributed by atoms with E-state index in [4.69, 9.17) is 9.47 Å². The average Bonchev–Trinajstić information content (AvgIpc) is 2.70. The first-order valence-electron chi connectivity index (χ1n) is 9.34. The van der Waals surface area contributed by atoms with Gasteiger partial charge < -0.3 is 9.47 Å². The molecule has 0 saturated carbocycles. The summed E-state index contributed by atoms with van der Waals surface area (Å²) in [5.74, 6) is -0.320. The molecule has 3 rings (SSSR count). The van der Waals surface area contributed by atoms with E-state index in [2.05, 4.69) is 27.9 Å². The fourth-order valence-corrected chi connectivity index (χ4v) is 3.77. The standard InChI is InChI=1S/C22H21IN2O5/c1-4-8-30-19-17(23)11-14(12-18(19)29-3)10-16-20(26)24-22(28)25(21(16)27)15-7-5-6-13(2)9-15/h5-7,9-12H,4,8H2,1-3H3,(H,24,26,28)/b16-10+. The van der Waals surface area contributed by atoms with Gasteiger partial charge in [-0.1, -0.05) is 19.1 Å². The summed E-state index contributed by atoms with van der Waals surface area (Å²) in [6.45, 7) is 4.40. The van der Waals surface area contributed by atoms with Crippen LogP contribution < -0.4 is 19.7 Å². The highest BCUT2D eigenvalue weighted by Crippen LogP contribution is 2.35. The Hall–Kier alpha value is -2.88. The highest BCUT2D eigenvalue weighted by Gasteiger charge is 2.36. The van der Waals surface area contributed by atoms with Crippen molar-refractivity contribution in [2.75, 3.05) is 18.6 Å². The second-order valence-electron chi connectivity index (χ2n) is 6.68. The zero-order chi connectivity index (χ0) is 21.8. The molecule has 1 aliphatic heterocycles. The summed E-state index contributed by atoms with van der Waals surface area (Å²) in [5, 5.41) is 2.23. The number of carbonyl (C=O) groups excluding carboxylic acids is 3. The minimum atomic E-state index is -0.775. The average molecular weight is 520 g/mol. The first-order valence-corrected chi connectivity index (χ1v) is 10.4. The quantitative estimate of drug-likeness (QED) is 0.353. The van der Waals surface area contributed by atoms with E-state index in [1.165, 1.54) is 13.2 Å². The van der Waals surface area contributed by atoms with Gasteiger partial charge in [0.15, 0.2) is 11.5 Å². The van der Waals surface area contributed by atoms with Crippen LogP contribution in [0.4, 0.5) is 10.5 Å². The third-order valence-corrected chi connectivity index (χ3v) is 5.18. The molecule has 1 heterocycles. The van der Waals surface area contributed by atoms with Crippen LogP contribution in [-0.4, -0.2) is 31.6 Å². The first kappa shape index (κ1) is 21.8. The van der Waals surface area contributed by atoms with Gasteiger partial charge in [-0.3, -0.25) is 14.9 Å². The molecule has 1 fully saturated rings. The number of carbonyl (C=O) groups is 3. The molecule has 0 unspecified atom stereocenters. The molecule has 1 N–H and O–H groups in total. The number of ether oxygens (including phenoxy) is 2. The number of aryl methyl sites for hydroxylation is 1. The van der Waals surface area contributed by atoms with E-state index in [9.17, 15) is 14.4 Å². The molecule has 0 aromatic heterocycles. The largest absolute Gasteiger partial charge is 0.493 e. The molecule has 2 aromatic rings. The highest BCUT2D eigenvalue weighted by molar-refractivity contribution is 14.1. The number of amides is 4. The number of hydrogen-bond acceptors (Lipinski definition) is 5. The number of nitrogens with one attached hydrogen (secondary N) is 1. The van der Waals surface area contributed by atoms with Crippen LogP contribution in [-0.2, 0) is 9.59 Å². The Balaban J connectivity index is 2.01. The number of barbiturate groups is 1. The molecule has 0 spiro atoms. The van der Waals surface area contributed by atoms with Crippen molar-refractivity contribution in [1.29, 1.82) is 0 Å². The number of imide groups is 2. The van der Waals surface area contributed by atoms with E-state index in [1.807, 2.05) is 19.9 Å². The number of benzene rings is 2. The third-order valence-electron chi connectivity index (χ3n) is 4.37. The zero-order valence-electron chi connectivity index (χ0n) is 16.8. The van der Waals surface area contributed by atoms with Crippen LogP contribution in [0, 0.1) is 10.5 Å². The topological polar surface area (TPSA) is 84.9 Å². The SMILES string of the molecule is CCCOc1c(I)cc(/C=C2\C(=O)NC(=O)N(c3cccc(C)c3)C2=O)cc1OC. The van der Waals surface area contributed by atoms with E-state index in [0.717, 1.165) is 20.5 Å². The molecule has 156 valence electrons. The van der Waals surface area contributed by atoms with Gasteiger partial charge in [0.05, 0.1) is 23.0 Å². The Morgan fingerprint density at radius 3 is 2.60 bits per heavy atom. The Morgan fingerprint density at radius 2 is 1.93 bits per heavy atom. The van der Waals surface area contributed by atoms with Gasteiger partial charge in [-0.05, 0) is 77.4 Å². The lowest BCUT2D eigenvalue weighted by Crippen LogP contribution is -2.54. The van der Waals surface area contributed by atoms with Crippen molar-refractivity contribution >= 4 is 52.2 Å². The molecule has 0 aliphatic carbocycles. The maximum Gasteiger partial charge on any atom is 0.335 e. The Kier molecular flexibility index (Phi) is 6.76. The molecule has 8 heteroatoms. The summed E-state index contributed by atoms with van der Waals surface area (Å²) in [4.78, 5) is 38.7. The van der Waals surface area contributed by atoms with Crippen molar-refractivity contribution in [3.05, 3.63) is 56.7 Å². The lowest BCUT2D eigenvalue weighted by atomic mass is 10.1. The van der Waals surface area contributed by atoms with E-state index < -0.39 is 17.8 Å². The fourth-order valence-electron chi connectivity index (χ4n) is 2.99. The van der Waals surface area contributed by atoms with Crippen LogP contribution in [0.5, 0.6) is 11.5 Å². The number of halogens is 1. The lowest BCUT2D eigenvalue weighted by Gasteiger charge is -2.26. The number of urea groups is 1. The number of hydrogen-bond donors (Lipinski definition) is 1. The van der Waals surface area contributed by atoms with Crippen LogP contribution in [0.25, 0.3) is 6.08 Å². The van der Waals surface area contributed by atoms with Crippen molar-refractivity contribution in [2.24, 2.45) is 0 Å². The molecular weight excluding hydrogens is 499 g/mol. The predicted molar refractivity (Wildman–Crippen MR) is 122 cm³/mol. The second-order valence-corrected chi connectivity index (χ2v) is 7.84. The molecule has 7 nitrogen and oxygen atoms in total. The third kappa shape index (κ3) is 4.48. The molecule has 0 atom stereocenters. The van der Waals surface area contributed by atoms with Crippen molar-refractivity contribution in [1.82, 2.24) is 5.32 Å². The van der Waals surface area contributed by atoms with Crippen LogP contribution in [0.15, 0.2) is 42.0 Å². The predicted octanol–water partition coefficient (Wildman–Crippen LogP) is 4.06. The molecule has 0 radical (unpaired) electrons. The molecule has 2 aromatic carbocycles. The number of nitrogens with zero attached hydrogens (tertiary/aromatic N) is 1. The number of rotatable bonds is 6. The summed E-state index contributed by atoms with van der Waals surface area (Å²) in [6.07, 6.45) is 2.30. The summed E-state index contributed by atoms with van der Waals surface area (Å²) in [6, 6.07) is 9.65. The van der Waals surface area contributed by atoms with E-state index >= 15 is 0 Å². The van der Waals surface area contributed by atoms with E-state index in [1.54, 1.807) is 30.3 Å². The smallest absolute Gasteiger partial charge is 0.335 e. The van der Waals surface area contributed by atoms with Crippen LogP contribution in [0.2, 0.25) is 0 Å². The van der Waals surface area contributed by atoms with Gasteiger partial charge in [0.2, 0.25) is 0 Å². The van der Waals surface area contributed by atoms with Gasteiger partial charge in [0.1, 0.15) is 5.57 Å². The van der Waals surface area contributed by atoms with E-state index in [-0.39, 0.29) is 5.57 Å². The molecule has 30 heavy (non-hydrogen) atoms. The van der Waals surface area contributed by atoms with Crippen LogP contribution >= 0.6 is 22.6 Å². The van der Waals surface area contributed by atoms with Gasteiger partial charge in [-0.25, -0.2) is 9.69 Å². The van der Waals surface area contributed by atoms with Crippen LogP contribution in [0.1, 0.15) is 24.5 Å². The van der Waals surface area contributed by atoms with Crippen molar-refractivity contribution in [3.8, 4) is 11.5 Å². The van der Waals surface area contributed by atoms with Gasteiger partial charge in [0.25, 0.3) is 11.8 Å². The monoisotopic (exact) mass is 520 g/mol. The van der Waals surface area contributed by atoms with Gasteiger partial charge >= 0.3 is 6.03 Å². The normalized spacial score (nSPS) is 15.4. The summed E-state index contributed by atoms with van der Waals surface area (Å²) >= 11 is 2.12. The Bertz CT molecular complexity index is 1050. The molecule has 1 saturated heterocycles. The van der Waals surface area contributed by atoms with E-state index in [0.29, 0.717) is 29.4 Å². The number of methoxy groups -OCH3 is 1. The summed E-state index contributed by atoms with van der Waals surface area (Å²) in [7, 11) is 1.53. The number of anilines is 1. The Morgan fingerprint density at radius 1 is 1.17 bits per heavy atom. The molecule has 1 aliphatic rings. The zero-order valence-corrected chi connectivity index (χ0v) is 19.0. The Labute approximate surface area is 188 Å². The van der Waals surface area contributed by atoms with Gasteiger partial charge in [-0.15, -0.1) is 0 Å². The van der Waals surface area contributed by atoms with Crippen molar-refractivity contribution in [3.63, 3.8) is 0 Å². The molecular formula is C22H21IN2O5. The van der Waals surface area contributed by atoms with Crippen molar-refractivity contribution in [2.45, 2.75) is 20.3 Å². The maximum atomic E-state index is 13.0. The van der Waals surface area contributed by atoms with Crippen molar-refractivity contribution < 1.29 is 23.9 Å². The highest BCUT2D eigenvalue weighted by atomic mass is 127. The lowest BCUT2D eigenvalue weighted by molar-refractivity contribution is -0.122. The molecule has 4 amide bonds. The summed E-state index contributed by atoms with van der Waals surface area (Å²) in [5.41, 5.74) is 1.72. The fraction of sp³-hybridized carbons (Fsp3) is 0.227. The molecule has 0 bridgehead atoms. The minimum Gasteiger partial charge on any atom is -0.493 e. The summed E-state index contributed by atoms with van der Waals surface area (Å²) < 4.78 is 11.9. The minimum absolute atomic E-state index is 0.142. The van der Waals surface area contributed by atoms with Gasteiger partial charge in [-0.2, -0.15) is 0 Å². The van der Waals surface area contributed by atoms with Gasteiger partial charge in [0, 0.05) is 0 Å². The second kappa shape index (κ2) is 9.29. The first-order chi connectivity index (χ1) is 14.3. The maximum absolute atomic E-state index is 13.0. The van der Waals surface area contributed by atoms with Crippen LogP contribution in [0.3, 0.4) is 0 Å².